The Balaban J connectivity index is 2.55. The van der Waals surface area contributed by atoms with Gasteiger partial charge in [-0.15, -0.1) is 0 Å². The van der Waals surface area contributed by atoms with Gasteiger partial charge in [0.2, 0.25) is 0 Å². The SMILES string of the molecule is CCNC(CC(C)OC)c1ccco1. The molecule has 2 atom stereocenters. The molecule has 3 heteroatoms. The van der Waals surface area contributed by atoms with Crippen molar-refractivity contribution in [3.05, 3.63) is 24.2 Å². The fourth-order valence-electron chi connectivity index (χ4n) is 1.46. The first-order valence-electron chi connectivity index (χ1n) is 5.07. The minimum atomic E-state index is 0.240. The molecule has 1 aromatic rings. The number of hydrogen-bond donors (Lipinski definition) is 1. The molecule has 0 aliphatic heterocycles. The Bertz CT molecular complexity index is 233. The van der Waals surface area contributed by atoms with Crippen LogP contribution >= 0.6 is 0 Å². The summed E-state index contributed by atoms with van der Waals surface area (Å²) in [6.45, 7) is 5.09. The molecule has 14 heavy (non-hydrogen) atoms. The van der Waals surface area contributed by atoms with Crippen molar-refractivity contribution < 1.29 is 9.15 Å². The summed E-state index contributed by atoms with van der Waals surface area (Å²) in [5, 5.41) is 3.38. The van der Waals surface area contributed by atoms with E-state index in [1.54, 1.807) is 13.4 Å². The molecular weight excluding hydrogens is 178 g/mol. The van der Waals surface area contributed by atoms with E-state index in [0.717, 1.165) is 18.7 Å². The summed E-state index contributed by atoms with van der Waals surface area (Å²) >= 11 is 0. The van der Waals surface area contributed by atoms with Crippen LogP contribution in [0.25, 0.3) is 0 Å². The molecule has 0 fully saturated rings. The van der Waals surface area contributed by atoms with Crippen molar-refractivity contribution in [1.82, 2.24) is 5.32 Å². The highest BCUT2D eigenvalue weighted by molar-refractivity contribution is 5.04. The number of nitrogens with one attached hydrogen (secondary N) is 1. The van der Waals surface area contributed by atoms with Gasteiger partial charge in [-0.3, -0.25) is 0 Å². The standard InChI is InChI=1S/C11H19NO2/c1-4-12-10(8-9(2)13-3)11-6-5-7-14-11/h5-7,9-10,12H,4,8H2,1-3H3. The predicted molar refractivity (Wildman–Crippen MR) is 56.2 cm³/mol. The van der Waals surface area contributed by atoms with Crippen LogP contribution in [0.1, 0.15) is 32.1 Å². The van der Waals surface area contributed by atoms with Crippen LogP contribution in [0.15, 0.2) is 22.8 Å². The second-order valence-electron chi connectivity index (χ2n) is 3.41. The Kier molecular flexibility index (Phi) is 4.70. The van der Waals surface area contributed by atoms with Gasteiger partial charge in [0.15, 0.2) is 0 Å². The van der Waals surface area contributed by atoms with Crippen LogP contribution in [0.5, 0.6) is 0 Å². The zero-order valence-electron chi connectivity index (χ0n) is 9.12. The molecule has 2 unspecified atom stereocenters. The van der Waals surface area contributed by atoms with Crippen LogP contribution < -0.4 is 5.32 Å². The van der Waals surface area contributed by atoms with E-state index in [4.69, 9.17) is 9.15 Å². The predicted octanol–water partition coefficient (Wildman–Crippen LogP) is 2.36. The first-order chi connectivity index (χ1) is 6.77. The molecule has 0 bridgehead atoms. The highest BCUT2D eigenvalue weighted by atomic mass is 16.5. The third kappa shape index (κ3) is 3.16. The molecule has 0 aromatic carbocycles. The van der Waals surface area contributed by atoms with E-state index in [1.165, 1.54) is 0 Å². The molecule has 0 radical (unpaired) electrons. The summed E-state index contributed by atoms with van der Waals surface area (Å²) in [7, 11) is 1.73. The zero-order chi connectivity index (χ0) is 10.4. The summed E-state index contributed by atoms with van der Waals surface area (Å²) in [6, 6.07) is 4.16. The van der Waals surface area contributed by atoms with Crippen LogP contribution in [-0.4, -0.2) is 19.8 Å². The van der Waals surface area contributed by atoms with E-state index in [0.29, 0.717) is 0 Å². The van der Waals surface area contributed by atoms with Gasteiger partial charge < -0.3 is 14.5 Å². The van der Waals surface area contributed by atoms with E-state index in [1.807, 2.05) is 12.1 Å². The lowest BCUT2D eigenvalue weighted by molar-refractivity contribution is 0.0978. The lowest BCUT2D eigenvalue weighted by atomic mass is 10.1. The number of methoxy groups -OCH3 is 1. The van der Waals surface area contributed by atoms with Gasteiger partial charge in [-0.1, -0.05) is 6.92 Å². The molecule has 1 aromatic heterocycles. The average Bonchev–Trinajstić information content (AvgIpc) is 2.69. The molecule has 1 heterocycles. The molecule has 0 spiro atoms. The molecule has 0 aliphatic rings. The zero-order valence-corrected chi connectivity index (χ0v) is 9.12. The second-order valence-corrected chi connectivity index (χ2v) is 3.41. The summed E-state index contributed by atoms with van der Waals surface area (Å²) in [4.78, 5) is 0. The third-order valence-electron chi connectivity index (χ3n) is 2.31. The summed E-state index contributed by atoms with van der Waals surface area (Å²) < 4.78 is 10.6. The van der Waals surface area contributed by atoms with Gasteiger partial charge in [-0.05, 0) is 32.0 Å². The van der Waals surface area contributed by atoms with Crippen LogP contribution in [0.3, 0.4) is 0 Å². The smallest absolute Gasteiger partial charge is 0.120 e. The molecule has 0 saturated heterocycles. The van der Waals surface area contributed by atoms with Crippen molar-refractivity contribution in [2.24, 2.45) is 0 Å². The van der Waals surface area contributed by atoms with Gasteiger partial charge in [-0.2, -0.15) is 0 Å². The molecule has 0 aliphatic carbocycles. The third-order valence-corrected chi connectivity index (χ3v) is 2.31. The van der Waals surface area contributed by atoms with Crippen LogP contribution in [0, 0.1) is 0 Å². The largest absolute Gasteiger partial charge is 0.468 e. The van der Waals surface area contributed by atoms with Gasteiger partial charge >= 0.3 is 0 Å². The lowest BCUT2D eigenvalue weighted by Crippen LogP contribution is -2.24. The Morgan fingerprint density at radius 3 is 2.86 bits per heavy atom. The first kappa shape index (κ1) is 11.3. The van der Waals surface area contributed by atoms with Gasteiger partial charge in [-0.25, -0.2) is 0 Å². The van der Waals surface area contributed by atoms with Gasteiger partial charge in [0.05, 0.1) is 18.4 Å². The molecule has 0 saturated carbocycles. The average molecular weight is 197 g/mol. The summed E-state index contributed by atoms with van der Waals surface area (Å²) in [6.07, 6.45) is 2.87. The first-order valence-corrected chi connectivity index (χ1v) is 5.07. The van der Waals surface area contributed by atoms with Crippen LogP contribution in [-0.2, 0) is 4.74 Å². The van der Waals surface area contributed by atoms with E-state index in [2.05, 4.69) is 19.2 Å². The second kappa shape index (κ2) is 5.83. The van der Waals surface area contributed by atoms with E-state index in [-0.39, 0.29) is 12.1 Å². The van der Waals surface area contributed by atoms with Crippen molar-refractivity contribution in [2.75, 3.05) is 13.7 Å². The number of rotatable bonds is 6. The highest BCUT2D eigenvalue weighted by Crippen LogP contribution is 2.19. The van der Waals surface area contributed by atoms with Crippen molar-refractivity contribution in [2.45, 2.75) is 32.4 Å². The van der Waals surface area contributed by atoms with Gasteiger partial charge in [0.1, 0.15) is 5.76 Å². The Morgan fingerprint density at radius 2 is 2.36 bits per heavy atom. The number of hydrogen-bond acceptors (Lipinski definition) is 3. The van der Waals surface area contributed by atoms with Crippen LogP contribution in [0.2, 0.25) is 0 Å². The van der Waals surface area contributed by atoms with E-state index < -0.39 is 0 Å². The molecule has 1 N–H and O–H groups in total. The topological polar surface area (TPSA) is 34.4 Å². The highest BCUT2D eigenvalue weighted by Gasteiger charge is 2.16. The van der Waals surface area contributed by atoms with E-state index in [9.17, 15) is 0 Å². The minimum absolute atomic E-state index is 0.240. The summed E-state index contributed by atoms with van der Waals surface area (Å²) in [5.41, 5.74) is 0. The Labute approximate surface area is 85.4 Å². The molecule has 0 amide bonds. The molecule has 80 valence electrons. The van der Waals surface area contributed by atoms with Gasteiger partial charge in [0, 0.05) is 7.11 Å². The minimum Gasteiger partial charge on any atom is -0.468 e. The molecule has 3 nitrogen and oxygen atoms in total. The lowest BCUT2D eigenvalue weighted by Gasteiger charge is -2.18. The molecular formula is C11H19NO2. The number of furan rings is 1. The maximum atomic E-state index is 5.38. The van der Waals surface area contributed by atoms with Gasteiger partial charge in [0.25, 0.3) is 0 Å². The fourth-order valence-corrected chi connectivity index (χ4v) is 1.46. The maximum Gasteiger partial charge on any atom is 0.120 e. The quantitative estimate of drug-likeness (QED) is 0.760. The Morgan fingerprint density at radius 1 is 1.57 bits per heavy atom. The monoisotopic (exact) mass is 197 g/mol. The van der Waals surface area contributed by atoms with Crippen molar-refractivity contribution >= 4 is 0 Å². The van der Waals surface area contributed by atoms with Crippen molar-refractivity contribution in [3.8, 4) is 0 Å². The fraction of sp³-hybridized carbons (Fsp3) is 0.636. The van der Waals surface area contributed by atoms with Crippen molar-refractivity contribution in [1.29, 1.82) is 0 Å². The maximum absolute atomic E-state index is 5.38. The van der Waals surface area contributed by atoms with Crippen LogP contribution in [0.4, 0.5) is 0 Å². The normalized spacial score (nSPS) is 15.4. The Hall–Kier alpha value is -0.800. The summed E-state index contributed by atoms with van der Waals surface area (Å²) in [5.74, 6) is 0.982. The molecule has 1 rings (SSSR count). The number of ether oxygens (including phenoxy) is 1. The van der Waals surface area contributed by atoms with E-state index >= 15 is 0 Å². The van der Waals surface area contributed by atoms with Crippen molar-refractivity contribution in [3.63, 3.8) is 0 Å².